The van der Waals surface area contributed by atoms with Crippen LogP contribution in [0.4, 0.5) is 5.69 Å². The molecule has 1 aliphatic rings. The van der Waals surface area contributed by atoms with Crippen molar-refractivity contribution < 1.29 is 4.79 Å². The number of rotatable bonds is 4. The van der Waals surface area contributed by atoms with Crippen molar-refractivity contribution in [2.75, 3.05) is 11.4 Å². The number of imidazole rings is 1. The molecule has 1 aromatic heterocycles. The van der Waals surface area contributed by atoms with Crippen molar-refractivity contribution in [3.05, 3.63) is 58.9 Å². The Bertz CT molecular complexity index is 979. The van der Waals surface area contributed by atoms with E-state index >= 15 is 0 Å². The summed E-state index contributed by atoms with van der Waals surface area (Å²) in [4.78, 5) is 19.5. The van der Waals surface area contributed by atoms with E-state index < -0.39 is 0 Å². The number of benzene rings is 2. The highest BCUT2D eigenvalue weighted by atomic mass is 35.5. The van der Waals surface area contributed by atoms with E-state index in [0.717, 1.165) is 41.1 Å². The van der Waals surface area contributed by atoms with Gasteiger partial charge in [-0.25, -0.2) is 4.98 Å². The molecule has 4 rings (SSSR count). The van der Waals surface area contributed by atoms with Crippen LogP contribution in [0, 0.1) is 6.92 Å². The number of aryl methyl sites for hydroxylation is 1. The first-order chi connectivity index (χ1) is 12.6. The first-order valence-electron chi connectivity index (χ1n) is 9.10. The van der Waals surface area contributed by atoms with Gasteiger partial charge in [-0.15, -0.1) is 0 Å². The Kier molecular flexibility index (Phi) is 4.45. The second-order valence-corrected chi connectivity index (χ2v) is 7.31. The van der Waals surface area contributed by atoms with Gasteiger partial charge in [0, 0.05) is 36.1 Å². The van der Waals surface area contributed by atoms with Crippen LogP contribution in [-0.2, 0) is 11.3 Å². The van der Waals surface area contributed by atoms with Crippen molar-refractivity contribution >= 4 is 34.2 Å². The van der Waals surface area contributed by atoms with Crippen LogP contribution in [0.15, 0.2) is 42.5 Å². The zero-order valence-electron chi connectivity index (χ0n) is 15.1. The molecule has 5 heteroatoms. The number of para-hydroxylation sites is 2. The molecule has 0 saturated carbocycles. The van der Waals surface area contributed by atoms with Crippen LogP contribution >= 0.6 is 11.6 Å². The summed E-state index contributed by atoms with van der Waals surface area (Å²) in [7, 11) is 0. The molecule has 4 nitrogen and oxygen atoms in total. The average Bonchev–Trinajstić information content (AvgIpc) is 3.19. The predicted molar refractivity (Wildman–Crippen MR) is 106 cm³/mol. The number of anilines is 1. The number of carbonyl (C=O) groups excluding carboxylic acids is 1. The monoisotopic (exact) mass is 367 g/mol. The van der Waals surface area contributed by atoms with Crippen LogP contribution in [0.2, 0.25) is 5.02 Å². The lowest BCUT2D eigenvalue weighted by molar-refractivity contribution is -0.117. The van der Waals surface area contributed by atoms with Gasteiger partial charge < -0.3 is 9.47 Å². The van der Waals surface area contributed by atoms with Gasteiger partial charge in [0.2, 0.25) is 5.91 Å². The maximum Gasteiger partial charge on any atom is 0.227 e. The summed E-state index contributed by atoms with van der Waals surface area (Å²) < 4.78 is 2.28. The van der Waals surface area contributed by atoms with Crippen molar-refractivity contribution in [2.24, 2.45) is 0 Å². The topological polar surface area (TPSA) is 38.1 Å². The summed E-state index contributed by atoms with van der Waals surface area (Å²) in [6.07, 6.45) is 1.52. The van der Waals surface area contributed by atoms with Crippen molar-refractivity contribution in [2.45, 2.75) is 39.2 Å². The Morgan fingerprint density at radius 1 is 1.19 bits per heavy atom. The van der Waals surface area contributed by atoms with Crippen LogP contribution in [-0.4, -0.2) is 22.0 Å². The Labute approximate surface area is 158 Å². The van der Waals surface area contributed by atoms with Crippen molar-refractivity contribution in [1.29, 1.82) is 0 Å². The third-order valence-corrected chi connectivity index (χ3v) is 5.56. The van der Waals surface area contributed by atoms with E-state index in [1.54, 1.807) is 0 Å². The minimum atomic E-state index is 0.0971. The number of nitrogens with zero attached hydrogens (tertiary/aromatic N) is 3. The van der Waals surface area contributed by atoms with Gasteiger partial charge >= 0.3 is 0 Å². The molecule has 3 aromatic rings. The van der Waals surface area contributed by atoms with Gasteiger partial charge in [-0.1, -0.05) is 36.7 Å². The molecule has 1 amide bonds. The maximum atomic E-state index is 12.8. The fraction of sp³-hybridized carbons (Fsp3) is 0.333. The lowest BCUT2D eigenvalue weighted by atomic mass is 10.1. The first-order valence-corrected chi connectivity index (χ1v) is 9.48. The summed E-state index contributed by atoms with van der Waals surface area (Å²) in [5.74, 6) is 1.25. The van der Waals surface area contributed by atoms with Crippen LogP contribution in [0.3, 0.4) is 0 Å². The number of carbonyl (C=O) groups is 1. The van der Waals surface area contributed by atoms with Crippen LogP contribution in [0.5, 0.6) is 0 Å². The summed E-state index contributed by atoms with van der Waals surface area (Å²) in [5.41, 5.74) is 4.00. The maximum absolute atomic E-state index is 12.8. The molecule has 0 bridgehead atoms. The van der Waals surface area contributed by atoms with E-state index in [-0.39, 0.29) is 11.8 Å². The highest BCUT2D eigenvalue weighted by Crippen LogP contribution is 2.36. The van der Waals surface area contributed by atoms with E-state index in [0.29, 0.717) is 18.0 Å². The first kappa shape index (κ1) is 17.1. The fourth-order valence-corrected chi connectivity index (χ4v) is 4.04. The number of hydrogen-bond donors (Lipinski definition) is 0. The molecular formula is C21H22ClN3O. The van der Waals surface area contributed by atoms with Gasteiger partial charge in [-0.05, 0) is 43.2 Å². The number of halogens is 1. The minimum Gasteiger partial charge on any atom is -0.328 e. The molecule has 0 unspecified atom stereocenters. The Morgan fingerprint density at radius 2 is 2.00 bits per heavy atom. The van der Waals surface area contributed by atoms with Gasteiger partial charge in [-0.3, -0.25) is 4.79 Å². The van der Waals surface area contributed by atoms with Gasteiger partial charge in [0.05, 0.1) is 11.0 Å². The van der Waals surface area contributed by atoms with E-state index in [1.807, 2.05) is 48.2 Å². The molecule has 134 valence electrons. The Hall–Kier alpha value is -2.33. The number of hydrogen-bond acceptors (Lipinski definition) is 2. The van der Waals surface area contributed by atoms with Crippen molar-refractivity contribution in [3.63, 3.8) is 0 Å². The summed E-state index contributed by atoms with van der Waals surface area (Å²) in [6, 6.07) is 13.9. The van der Waals surface area contributed by atoms with Gasteiger partial charge in [0.25, 0.3) is 0 Å². The van der Waals surface area contributed by atoms with E-state index in [1.165, 1.54) is 0 Å². The third-order valence-electron chi connectivity index (χ3n) is 5.15. The molecule has 1 saturated heterocycles. The average molecular weight is 368 g/mol. The zero-order chi connectivity index (χ0) is 18.3. The smallest absolute Gasteiger partial charge is 0.227 e. The van der Waals surface area contributed by atoms with E-state index in [4.69, 9.17) is 16.6 Å². The van der Waals surface area contributed by atoms with Gasteiger partial charge in [-0.2, -0.15) is 0 Å². The molecule has 2 aromatic carbocycles. The second-order valence-electron chi connectivity index (χ2n) is 6.90. The van der Waals surface area contributed by atoms with Crippen LogP contribution in [0.1, 0.15) is 37.1 Å². The van der Waals surface area contributed by atoms with Crippen LogP contribution < -0.4 is 4.90 Å². The highest BCUT2D eigenvalue weighted by molar-refractivity contribution is 6.31. The predicted octanol–water partition coefficient (Wildman–Crippen LogP) is 4.93. The summed E-state index contributed by atoms with van der Waals surface area (Å²) >= 11 is 6.26. The fourth-order valence-electron chi connectivity index (χ4n) is 3.87. The summed E-state index contributed by atoms with van der Waals surface area (Å²) in [6.45, 7) is 5.69. The molecular weight excluding hydrogens is 346 g/mol. The molecule has 1 aliphatic heterocycles. The molecule has 1 fully saturated rings. The van der Waals surface area contributed by atoms with E-state index in [2.05, 4.69) is 17.6 Å². The van der Waals surface area contributed by atoms with Crippen molar-refractivity contribution in [3.8, 4) is 0 Å². The number of amides is 1. The molecule has 0 radical (unpaired) electrons. The Morgan fingerprint density at radius 3 is 2.81 bits per heavy atom. The highest BCUT2D eigenvalue weighted by Gasteiger charge is 2.35. The molecule has 0 spiro atoms. The zero-order valence-corrected chi connectivity index (χ0v) is 15.8. The van der Waals surface area contributed by atoms with Gasteiger partial charge in [0.1, 0.15) is 5.82 Å². The normalized spacial score (nSPS) is 17.4. The molecule has 2 heterocycles. The van der Waals surface area contributed by atoms with Crippen molar-refractivity contribution in [1.82, 2.24) is 9.55 Å². The lowest BCUT2D eigenvalue weighted by Gasteiger charge is -2.20. The third kappa shape index (κ3) is 2.78. The second kappa shape index (κ2) is 6.76. The van der Waals surface area contributed by atoms with Crippen LogP contribution in [0.25, 0.3) is 11.0 Å². The molecule has 1 atom stereocenters. The molecule has 26 heavy (non-hydrogen) atoms. The largest absolute Gasteiger partial charge is 0.328 e. The molecule has 0 aliphatic carbocycles. The SMILES string of the molecule is CCCn1c([C@H]2CC(=O)N(c3cccc(Cl)c3C)C2)nc2ccccc21. The lowest BCUT2D eigenvalue weighted by Crippen LogP contribution is -2.25. The van der Waals surface area contributed by atoms with Gasteiger partial charge in [0.15, 0.2) is 0 Å². The van der Waals surface area contributed by atoms with E-state index in [9.17, 15) is 4.79 Å². The standard InChI is InChI=1S/C21H22ClN3O/c1-3-11-24-19-9-5-4-8-17(19)23-21(24)15-12-20(26)25(13-15)18-10-6-7-16(22)14(18)2/h4-10,15H,3,11-13H2,1-2H3/t15-/m0/s1. The number of aromatic nitrogens is 2. The summed E-state index contributed by atoms with van der Waals surface area (Å²) in [5, 5.41) is 0.692. The minimum absolute atomic E-state index is 0.0971. The quantitative estimate of drug-likeness (QED) is 0.655. The molecule has 0 N–H and O–H groups in total. The number of fused-ring (bicyclic) bond motifs is 1. The Balaban J connectivity index is 1.72.